The van der Waals surface area contributed by atoms with Crippen molar-refractivity contribution in [3.8, 4) is 17.2 Å². The predicted octanol–water partition coefficient (Wildman–Crippen LogP) is 9.00. The highest BCUT2D eigenvalue weighted by molar-refractivity contribution is 5.93. The summed E-state index contributed by atoms with van der Waals surface area (Å²) < 4.78 is 21.8. The van der Waals surface area contributed by atoms with Crippen molar-refractivity contribution < 1.29 is 33.3 Å². The standard InChI is InChI=1S/C38H46O7/c1-4-6-7-8-9-10-11-12-15-30-16-21-34(22-17-30)44-38(41)32-20-25-35(29(3)28-32)45-37(40)31-18-23-33(24-19-31)42-26-13-14-27-43-36(39)5-2/h5,16-25,28H,2,4,6-15,26-27H2,1,3H3. The molecule has 0 unspecified atom stereocenters. The van der Waals surface area contributed by atoms with Crippen molar-refractivity contribution in [2.24, 2.45) is 0 Å². The van der Waals surface area contributed by atoms with E-state index in [0.29, 0.717) is 60.0 Å². The fourth-order valence-corrected chi connectivity index (χ4v) is 4.72. The minimum absolute atomic E-state index is 0.313. The minimum atomic E-state index is -0.518. The highest BCUT2D eigenvalue weighted by Crippen LogP contribution is 2.23. The van der Waals surface area contributed by atoms with Gasteiger partial charge in [0.1, 0.15) is 17.2 Å². The maximum Gasteiger partial charge on any atom is 0.343 e. The number of ether oxygens (including phenoxy) is 4. The van der Waals surface area contributed by atoms with Gasteiger partial charge in [-0.25, -0.2) is 14.4 Å². The molecule has 0 saturated carbocycles. The summed E-state index contributed by atoms with van der Waals surface area (Å²) in [6.07, 6.45) is 13.9. The molecule has 0 bridgehead atoms. The molecule has 0 amide bonds. The average molecular weight is 615 g/mol. The van der Waals surface area contributed by atoms with E-state index in [9.17, 15) is 14.4 Å². The van der Waals surface area contributed by atoms with E-state index in [1.807, 2.05) is 24.3 Å². The summed E-state index contributed by atoms with van der Waals surface area (Å²) in [4.78, 5) is 36.5. The van der Waals surface area contributed by atoms with Crippen molar-refractivity contribution in [1.29, 1.82) is 0 Å². The molecule has 0 saturated heterocycles. The van der Waals surface area contributed by atoms with Gasteiger partial charge in [-0.15, -0.1) is 0 Å². The van der Waals surface area contributed by atoms with Crippen LogP contribution in [-0.2, 0) is 16.0 Å². The average Bonchev–Trinajstić information content (AvgIpc) is 3.05. The Morgan fingerprint density at radius 2 is 1.27 bits per heavy atom. The topological polar surface area (TPSA) is 88.1 Å². The Bertz CT molecular complexity index is 1360. The van der Waals surface area contributed by atoms with Crippen LogP contribution in [0.3, 0.4) is 0 Å². The number of carbonyl (C=O) groups is 3. The first-order valence-corrected chi connectivity index (χ1v) is 16.1. The molecule has 0 spiro atoms. The van der Waals surface area contributed by atoms with Crippen molar-refractivity contribution in [3.63, 3.8) is 0 Å². The van der Waals surface area contributed by atoms with Crippen molar-refractivity contribution >= 4 is 17.9 Å². The number of carbonyl (C=O) groups excluding carboxylic acids is 3. The van der Waals surface area contributed by atoms with Crippen LogP contribution in [0.25, 0.3) is 0 Å². The molecule has 0 radical (unpaired) electrons. The van der Waals surface area contributed by atoms with Crippen LogP contribution >= 0.6 is 0 Å². The Morgan fingerprint density at radius 1 is 0.667 bits per heavy atom. The van der Waals surface area contributed by atoms with Gasteiger partial charge in [0.25, 0.3) is 0 Å². The van der Waals surface area contributed by atoms with Gasteiger partial charge in [-0.05, 0) is 98.3 Å². The Labute approximate surface area is 267 Å². The zero-order valence-corrected chi connectivity index (χ0v) is 26.7. The molecule has 3 aromatic carbocycles. The second-order valence-corrected chi connectivity index (χ2v) is 11.1. The van der Waals surface area contributed by atoms with E-state index in [1.54, 1.807) is 49.4 Å². The summed E-state index contributed by atoms with van der Waals surface area (Å²) in [5, 5.41) is 0. The van der Waals surface area contributed by atoms with Crippen LogP contribution in [0.1, 0.15) is 103 Å². The lowest BCUT2D eigenvalue weighted by Gasteiger charge is -2.11. The first-order valence-electron chi connectivity index (χ1n) is 16.1. The normalized spacial score (nSPS) is 10.6. The van der Waals surface area contributed by atoms with Crippen LogP contribution < -0.4 is 14.2 Å². The molecule has 3 aromatic rings. The highest BCUT2D eigenvalue weighted by Gasteiger charge is 2.15. The van der Waals surface area contributed by atoms with Gasteiger partial charge in [0.2, 0.25) is 0 Å². The molecule has 0 aromatic heterocycles. The van der Waals surface area contributed by atoms with Gasteiger partial charge >= 0.3 is 17.9 Å². The SMILES string of the molecule is C=CC(=O)OCCCCOc1ccc(C(=O)Oc2ccc(C(=O)Oc3ccc(CCCCCCCCCC)cc3)cc2C)cc1. The second kappa shape index (κ2) is 19.8. The van der Waals surface area contributed by atoms with Crippen LogP contribution in [-0.4, -0.2) is 31.1 Å². The first kappa shape index (κ1) is 35.1. The van der Waals surface area contributed by atoms with Gasteiger partial charge in [-0.1, -0.05) is 70.6 Å². The summed E-state index contributed by atoms with van der Waals surface area (Å²) in [6, 6.07) is 19.2. The van der Waals surface area contributed by atoms with Gasteiger partial charge in [-0.3, -0.25) is 0 Å². The summed E-state index contributed by atoms with van der Waals surface area (Å²) >= 11 is 0. The molecule has 0 N–H and O–H groups in total. The molecule has 0 heterocycles. The van der Waals surface area contributed by atoms with Gasteiger partial charge in [0.05, 0.1) is 24.3 Å². The lowest BCUT2D eigenvalue weighted by Crippen LogP contribution is -2.11. The van der Waals surface area contributed by atoms with Gasteiger partial charge in [0, 0.05) is 6.08 Å². The monoisotopic (exact) mass is 614 g/mol. The van der Waals surface area contributed by atoms with E-state index in [1.165, 1.54) is 56.9 Å². The molecule has 7 nitrogen and oxygen atoms in total. The molecule has 240 valence electrons. The Hall–Kier alpha value is -4.39. The van der Waals surface area contributed by atoms with Crippen LogP contribution in [0.15, 0.2) is 79.4 Å². The Morgan fingerprint density at radius 3 is 1.93 bits per heavy atom. The number of hydrogen-bond donors (Lipinski definition) is 0. The minimum Gasteiger partial charge on any atom is -0.494 e. The van der Waals surface area contributed by atoms with Gasteiger partial charge < -0.3 is 18.9 Å². The highest BCUT2D eigenvalue weighted by atomic mass is 16.5. The molecule has 0 atom stereocenters. The summed E-state index contributed by atoms with van der Waals surface area (Å²) in [5.41, 5.74) is 2.62. The van der Waals surface area contributed by atoms with Crippen molar-refractivity contribution in [2.75, 3.05) is 13.2 Å². The fraction of sp³-hybridized carbons (Fsp3) is 0.395. The van der Waals surface area contributed by atoms with Gasteiger partial charge in [-0.2, -0.15) is 0 Å². The van der Waals surface area contributed by atoms with Crippen LogP contribution in [0.5, 0.6) is 17.2 Å². The smallest absolute Gasteiger partial charge is 0.343 e. The zero-order valence-electron chi connectivity index (χ0n) is 26.7. The van der Waals surface area contributed by atoms with Crippen LogP contribution in [0.2, 0.25) is 0 Å². The van der Waals surface area contributed by atoms with Gasteiger partial charge in [0.15, 0.2) is 0 Å². The zero-order chi connectivity index (χ0) is 32.3. The van der Waals surface area contributed by atoms with E-state index in [2.05, 4.69) is 13.5 Å². The molecular weight excluding hydrogens is 568 g/mol. The number of esters is 3. The Balaban J connectivity index is 1.40. The van der Waals surface area contributed by atoms with Crippen LogP contribution in [0.4, 0.5) is 0 Å². The van der Waals surface area contributed by atoms with Crippen molar-refractivity contribution in [1.82, 2.24) is 0 Å². The molecule has 0 aliphatic heterocycles. The van der Waals surface area contributed by atoms with Crippen molar-refractivity contribution in [3.05, 3.63) is 102 Å². The third-order valence-electron chi connectivity index (χ3n) is 7.37. The number of benzene rings is 3. The number of rotatable bonds is 20. The first-order chi connectivity index (χ1) is 21.9. The van der Waals surface area contributed by atoms with Crippen molar-refractivity contribution in [2.45, 2.75) is 84.5 Å². The quantitative estimate of drug-likeness (QED) is 0.0543. The second-order valence-electron chi connectivity index (χ2n) is 11.1. The Kier molecular flexibility index (Phi) is 15.4. The molecule has 0 fully saturated rings. The van der Waals surface area contributed by atoms with E-state index in [-0.39, 0.29) is 0 Å². The number of aryl methyl sites for hydroxylation is 2. The maximum absolute atomic E-state index is 12.8. The summed E-state index contributed by atoms with van der Waals surface area (Å²) in [7, 11) is 0. The fourth-order valence-electron chi connectivity index (χ4n) is 4.72. The molecule has 0 aliphatic carbocycles. The maximum atomic E-state index is 12.8. The van der Waals surface area contributed by atoms with E-state index in [4.69, 9.17) is 18.9 Å². The molecular formula is C38H46O7. The molecule has 0 aliphatic rings. The third-order valence-corrected chi connectivity index (χ3v) is 7.37. The molecule has 45 heavy (non-hydrogen) atoms. The summed E-state index contributed by atoms with van der Waals surface area (Å²) in [5.74, 6) is 0.0456. The molecule has 3 rings (SSSR count). The molecule has 7 heteroatoms. The largest absolute Gasteiger partial charge is 0.494 e. The lowest BCUT2D eigenvalue weighted by molar-refractivity contribution is -0.137. The van der Waals surface area contributed by atoms with E-state index >= 15 is 0 Å². The third kappa shape index (κ3) is 13.0. The lowest BCUT2D eigenvalue weighted by atomic mass is 10.0. The summed E-state index contributed by atoms with van der Waals surface area (Å²) in [6.45, 7) is 8.13. The van der Waals surface area contributed by atoms with E-state index < -0.39 is 17.9 Å². The number of hydrogen-bond acceptors (Lipinski definition) is 7. The van der Waals surface area contributed by atoms with Crippen LogP contribution in [0, 0.1) is 6.92 Å². The van der Waals surface area contributed by atoms with E-state index in [0.717, 1.165) is 12.5 Å². The predicted molar refractivity (Wildman–Crippen MR) is 176 cm³/mol. The number of unbranched alkanes of at least 4 members (excludes halogenated alkanes) is 8.